The van der Waals surface area contributed by atoms with Gasteiger partial charge in [-0.05, 0) is 12.8 Å². The Labute approximate surface area is 74.7 Å². The molecule has 2 N–H and O–H groups in total. The molecule has 0 amide bonds. The number of halogens is 4. The molecule has 6 heteroatoms. The Morgan fingerprint density at radius 2 is 1.83 bits per heavy atom. The Kier molecular flexibility index (Phi) is 4.30. The van der Waals surface area contributed by atoms with Crippen molar-refractivity contribution in [2.24, 2.45) is 5.73 Å². The average molecular weight is 206 g/mol. The van der Waals surface area contributed by atoms with Crippen LogP contribution >= 0.6 is 12.4 Å². The second kappa shape index (κ2) is 4.30. The molecule has 0 aromatic carbocycles. The third-order valence-electron chi connectivity index (χ3n) is 1.61. The van der Waals surface area contributed by atoms with Crippen LogP contribution in [0.5, 0.6) is 0 Å². The molecule has 12 heavy (non-hydrogen) atoms. The highest BCUT2D eigenvalue weighted by atomic mass is 35.5. The molecular weight excluding hydrogens is 195 g/mol. The van der Waals surface area contributed by atoms with Gasteiger partial charge in [-0.15, -0.1) is 12.4 Å². The molecule has 1 saturated carbocycles. The first-order valence-electron chi connectivity index (χ1n) is 3.41. The summed E-state index contributed by atoms with van der Waals surface area (Å²) in [7, 11) is 0. The van der Waals surface area contributed by atoms with E-state index in [0.29, 0.717) is 12.8 Å². The number of ether oxygens (including phenoxy) is 1. The van der Waals surface area contributed by atoms with E-state index >= 15 is 0 Å². The summed E-state index contributed by atoms with van der Waals surface area (Å²) in [5, 5.41) is 0. The van der Waals surface area contributed by atoms with Crippen LogP contribution in [-0.4, -0.2) is 24.9 Å². The van der Waals surface area contributed by atoms with Gasteiger partial charge in [0.05, 0.1) is 6.10 Å². The molecule has 0 spiro atoms. The van der Waals surface area contributed by atoms with Crippen molar-refractivity contribution in [2.45, 2.75) is 31.2 Å². The van der Waals surface area contributed by atoms with E-state index in [1.54, 1.807) is 0 Å². The molecule has 2 nitrogen and oxygen atoms in total. The number of nitrogens with two attached hydrogens (primary N) is 1. The highest BCUT2D eigenvalue weighted by molar-refractivity contribution is 5.85. The lowest BCUT2D eigenvalue weighted by Gasteiger charge is -2.32. The first-order chi connectivity index (χ1) is 4.97. The zero-order valence-electron chi connectivity index (χ0n) is 6.30. The third-order valence-corrected chi connectivity index (χ3v) is 1.61. The lowest BCUT2D eigenvalue weighted by atomic mass is 9.90. The van der Waals surface area contributed by atoms with E-state index in [0.717, 1.165) is 0 Å². The van der Waals surface area contributed by atoms with Crippen molar-refractivity contribution in [1.29, 1.82) is 0 Å². The lowest BCUT2D eigenvalue weighted by molar-refractivity contribution is -0.193. The summed E-state index contributed by atoms with van der Waals surface area (Å²) in [6, 6.07) is 0.0354. The van der Waals surface area contributed by atoms with Crippen molar-refractivity contribution in [1.82, 2.24) is 0 Å². The molecule has 0 unspecified atom stereocenters. The van der Waals surface area contributed by atoms with Gasteiger partial charge in [-0.3, -0.25) is 0 Å². The van der Waals surface area contributed by atoms with Crippen LogP contribution in [-0.2, 0) is 4.74 Å². The molecule has 1 rings (SSSR count). The second-order valence-electron chi connectivity index (χ2n) is 2.78. The SMILES string of the molecule is Cl.NC1CC(OCC(F)(F)F)C1. The van der Waals surface area contributed by atoms with Crippen molar-refractivity contribution in [3.05, 3.63) is 0 Å². The van der Waals surface area contributed by atoms with Crippen molar-refractivity contribution >= 4 is 12.4 Å². The van der Waals surface area contributed by atoms with Crippen LogP contribution in [0.3, 0.4) is 0 Å². The minimum absolute atomic E-state index is 0. The van der Waals surface area contributed by atoms with E-state index in [-0.39, 0.29) is 24.6 Å². The van der Waals surface area contributed by atoms with Crippen molar-refractivity contribution < 1.29 is 17.9 Å². The zero-order chi connectivity index (χ0) is 8.48. The van der Waals surface area contributed by atoms with Crippen LogP contribution in [0.2, 0.25) is 0 Å². The summed E-state index contributed by atoms with van der Waals surface area (Å²) in [5.74, 6) is 0. The lowest BCUT2D eigenvalue weighted by Crippen LogP contribution is -2.42. The summed E-state index contributed by atoms with van der Waals surface area (Å²) in [6.45, 7) is -1.15. The highest BCUT2D eigenvalue weighted by Crippen LogP contribution is 2.24. The van der Waals surface area contributed by atoms with Gasteiger partial charge < -0.3 is 10.5 Å². The summed E-state index contributed by atoms with van der Waals surface area (Å²) in [6.07, 6.45) is -3.38. The molecule has 0 aromatic rings. The van der Waals surface area contributed by atoms with Gasteiger partial charge in [0.2, 0.25) is 0 Å². The minimum atomic E-state index is -4.21. The van der Waals surface area contributed by atoms with Crippen molar-refractivity contribution in [2.75, 3.05) is 6.61 Å². The fourth-order valence-corrected chi connectivity index (χ4v) is 0.955. The van der Waals surface area contributed by atoms with Crippen LogP contribution in [0.25, 0.3) is 0 Å². The van der Waals surface area contributed by atoms with Gasteiger partial charge in [0.15, 0.2) is 0 Å². The van der Waals surface area contributed by atoms with E-state index < -0.39 is 12.8 Å². The fourth-order valence-electron chi connectivity index (χ4n) is 0.955. The van der Waals surface area contributed by atoms with Crippen molar-refractivity contribution in [3.8, 4) is 0 Å². The minimum Gasteiger partial charge on any atom is -0.369 e. The first-order valence-corrected chi connectivity index (χ1v) is 3.41. The Morgan fingerprint density at radius 3 is 2.17 bits per heavy atom. The molecule has 0 aliphatic heterocycles. The van der Waals surface area contributed by atoms with Crippen LogP contribution in [0.15, 0.2) is 0 Å². The average Bonchev–Trinajstić information content (AvgIpc) is 1.75. The molecule has 0 atom stereocenters. The molecular formula is C6H11ClF3NO. The predicted molar refractivity (Wildman–Crippen MR) is 40.3 cm³/mol. The highest BCUT2D eigenvalue weighted by Gasteiger charge is 2.33. The third kappa shape index (κ3) is 4.13. The maximum absolute atomic E-state index is 11.5. The van der Waals surface area contributed by atoms with Gasteiger partial charge in [-0.25, -0.2) is 0 Å². The number of hydrogen-bond donors (Lipinski definition) is 1. The molecule has 0 radical (unpaired) electrons. The predicted octanol–water partition coefficient (Wildman–Crippen LogP) is 1.48. The van der Waals surface area contributed by atoms with E-state index in [2.05, 4.69) is 4.74 Å². The molecule has 1 fully saturated rings. The Bertz CT molecular complexity index is 135. The summed E-state index contributed by atoms with van der Waals surface area (Å²) < 4.78 is 39.1. The van der Waals surface area contributed by atoms with E-state index in [1.807, 2.05) is 0 Å². The van der Waals surface area contributed by atoms with Gasteiger partial charge in [0.1, 0.15) is 6.61 Å². The Hall–Kier alpha value is -0.0000000000000000555. The number of alkyl halides is 3. The van der Waals surface area contributed by atoms with Crippen LogP contribution in [0.4, 0.5) is 13.2 Å². The first kappa shape index (κ1) is 12.0. The van der Waals surface area contributed by atoms with E-state index in [9.17, 15) is 13.2 Å². The van der Waals surface area contributed by atoms with E-state index in [4.69, 9.17) is 5.73 Å². The van der Waals surface area contributed by atoms with Crippen LogP contribution in [0.1, 0.15) is 12.8 Å². The van der Waals surface area contributed by atoms with Gasteiger partial charge in [0, 0.05) is 6.04 Å². The fraction of sp³-hybridized carbons (Fsp3) is 1.00. The number of rotatable bonds is 2. The number of hydrogen-bond acceptors (Lipinski definition) is 2. The maximum Gasteiger partial charge on any atom is 0.411 e. The summed E-state index contributed by atoms with van der Waals surface area (Å²) in [5.41, 5.74) is 5.35. The Morgan fingerprint density at radius 1 is 1.33 bits per heavy atom. The maximum atomic E-state index is 11.5. The molecule has 0 heterocycles. The topological polar surface area (TPSA) is 35.2 Å². The largest absolute Gasteiger partial charge is 0.411 e. The molecule has 0 aromatic heterocycles. The summed E-state index contributed by atoms with van der Waals surface area (Å²) in [4.78, 5) is 0. The monoisotopic (exact) mass is 205 g/mol. The summed E-state index contributed by atoms with van der Waals surface area (Å²) >= 11 is 0. The zero-order valence-corrected chi connectivity index (χ0v) is 7.12. The van der Waals surface area contributed by atoms with Crippen molar-refractivity contribution in [3.63, 3.8) is 0 Å². The standard InChI is InChI=1S/C6H10F3NO.ClH/c7-6(8,9)3-11-5-1-4(10)2-5;/h4-5H,1-3,10H2;1H. The van der Waals surface area contributed by atoms with Gasteiger partial charge in [-0.2, -0.15) is 13.2 Å². The van der Waals surface area contributed by atoms with Gasteiger partial charge in [0.25, 0.3) is 0 Å². The van der Waals surface area contributed by atoms with Gasteiger partial charge >= 0.3 is 6.18 Å². The smallest absolute Gasteiger partial charge is 0.369 e. The second-order valence-corrected chi connectivity index (χ2v) is 2.78. The molecule has 1 aliphatic carbocycles. The Balaban J connectivity index is 0.00000121. The van der Waals surface area contributed by atoms with Crippen LogP contribution in [0, 0.1) is 0 Å². The molecule has 0 saturated heterocycles. The van der Waals surface area contributed by atoms with Gasteiger partial charge in [-0.1, -0.05) is 0 Å². The molecule has 1 aliphatic rings. The molecule has 74 valence electrons. The molecule has 0 bridgehead atoms. The van der Waals surface area contributed by atoms with E-state index in [1.165, 1.54) is 0 Å². The quantitative estimate of drug-likeness (QED) is 0.741. The van der Waals surface area contributed by atoms with Crippen LogP contribution < -0.4 is 5.73 Å². The normalized spacial score (nSPS) is 29.0.